The Morgan fingerprint density at radius 3 is 2.84 bits per heavy atom. The third kappa shape index (κ3) is 4.17. The highest BCUT2D eigenvalue weighted by Gasteiger charge is 2.11. The van der Waals surface area contributed by atoms with Crippen LogP contribution >= 0.6 is 0 Å². The van der Waals surface area contributed by atoms with Gasteiger partial charge >= 0.3 is 0 Å². The second-order valence-corrected chi connectivity index (χ2v) is 5.19. The number of aromatic amines is 1. The molecule has 0 fully saturated rings. The molecule has 4 nitrogen and oxygen atoms in total. The van der Waals surface area contributed by atoms with Crippen LogP contribution in [0.3, 0.4) is 0 Å². The molecule has 0 saturated carbocycles. The van der Waals surface area contributed by atoms with Gasteiger partial charge in [-0.15, -0.1) is 0 Å². The molecule has 2 rings (SSSR count). The summed E-state index contributed by atoms with van der Waals surface area (Å²) in [6.07, 6.45) is 3.76. The van der Waals surface area contributed by atoms with Gasteiger partial charge in [0.05, 0.1) is 6.04 Å². The molecule has 1 heterocycles. The highest BCUT2D eigenvalue weighted by atomic mass is 15.2. The first kappa shape index (κ1) is 13.7. The van der Waals surface area contributed by atoms with Gasteiger partial charge in [0.25, 0.3) is 0 Å². The van der Waals surface area contributed by atoms with Crippen LogP contribution in [0.5, 0.6) is 0 Å². The SMILES string of the molecule is Cc1cccc(CCC(C)NC(C)c2ncn[nH]2)c1. The zero-order valence-corrected chi connectivity index (χ0v) is 11.9. The molecule has 19 heavy (non-hydrogen) atoms. The van der Waals surface area contributed by atoms with E-state index in [1.807, 2.05) is 0 Å². The van der Waals surface area contributed by atoms with E-state index in [9.17, 15) is 0 Å². The number of aromatic nitrogens is 3. The zero-order valence-electron chi connectivity index (χ0n) is 11.9. The van der Waals surface area contributed by atoms with Crippen LogP contribution in [0.25, 0.3) is 0 Å². The third-order valence-electron chi connectivity index (χ3n) is 3.33. The van der Waals surface area contributed by atoms with Crippen molar-refractivity contribution in [2.24, 2.45) is 0 Å². The van der Waals surface area contributed by atoms with Crippen LogP contribution in [-0.4, -0.2) is 21.2 Å². The standard InChI is InChI=1S/C15H22N4/c1-11-5-4-6-14(9-11)8-7-12(2)18-13(3)15-16-10-17-19-15/h4-6,9-10,12-13,18H,7-8H2,1-3H3,(H,16,17,19). The first-order chi connectivity index (χ1) is 9.15. The predicted octanol–water partition coefficient (Wildman–Crippen LogP) is 2.79. The van der Waals surface area contributed by atoms with Gasteiger partial charge in [-0.05, 0) is 39.2 Å². The number of rotatable bonds is 6. The van der Waals surface area contributed by atoms with Gasteiger partial charge in [-0.3, -0.25) is 5.10 Å². The summed E-state index contributed by atoms with van der Waals surface area (Å²) in [6, 6.07) is 9.36. The summed E-state index contributed by atoms with van der Waals surface area (Å²) in [4.78, 5) is 4.17. The zero-order chi connectivity index (χ0) is 13.7. The minimum atomic E-state index is 0.204. The molecular weight excluding hydrogens is 236 g/mol. The lowest BCUT2D eigenvalue weighted by Gasteiger charge is -2.18. The van der Waals surface area contributed by atoms with E-state index in [-0.39, 0.29) is 6.04 Å². The molecule has 2 N–H and O–H groups in total. The van der Waals surface area contributed by atoms with E-state index in [2.05, 4.69) is 65.5 Å². The van der Waals surface area contributed by atoms with Crippen molar-refractivity contribution < 1.29 is 0 Å². The molecule has 0 aliphatic rings. The topological polar surface area (TPSA) is 53.6 Å². The summed E-state index contributed by atoms with van der Waals surface area (Å²) in [5.74, 6) is 0.891. The Kier molecular flexibility index (Phi) is 4.68. The van der Waals surface area contributed by atoms with Crippen molar-refractivity contribution in [1.29, 1.82) is 0 Å². The van der Waals surface area contributed by atoms with Gasteiger partial charge < -0.3 is 5.32 Å². The van der Waals surface area contributed by atoms with Crippen LogP contribution in [0, 0.1) is 6.92 Å². The van der Waals surface area contributed by atoms with E-state index in [0.717, 1.165) is 18.7 Å². The third-order valence-corrected chi connectivity index (χ3v) is 3.33. The molecule has 2 unspecified atom stereocenters. The van der Waals surface area contributed by atoms with E-state index < -0.39 is 0 Å². The Morgan fingerprint density at radius 2 is 2.16 bits per heavy atom. The van der Waals surface area contributed by atoms with Gasteiger partial charge in [-0.1, -0.05) is 29.8 Å². The highest BCUT2D eigenvalue weighted by molar-refractivity contribution is 5.22. The van der Waals surface area contributed by atoms with Gasteiger partial charge in [0.15, 0.2) is 0 Å². The molecule has 102 valence electrons. The molecule has 0 amide bonds. The minimum Gasteiger partial charge on any atom is -0.305 e. The highest BCUT2D eigenvalue weighted by Crippen LogP contribution is 2.11. The molecule has 0 radical (unpaired) electrons. The molecular formula is C15H22N4. The maximum Gasteiger partial charge on any atom is 0.141 e. The van der Waals surface area contributed by atoms with Crippen LogP contribution in [0.15, 0.2) is 30.6 Å². The van der Waals surface area contributed by atoms with E-state index in [1.165, 1.54) is 11.1 Å². The monoisotopic (exact) mass is 258 g/mol. The second kappa shape index (κ2) is 6.48. The molecule has 0 aliphatic heterocycles. The van der Waals surface area contributed by atoms with Crippen LogP contribution in [0.2, 0.25) is 0 Å². The number of hydrogen-bond acceptors (Lipinski definition) is 3. The first-order valence-corrected chi connectivity index (χ1v) is 6.82. The van der Waals surface area contributed by atoms with Crippen molar-refractivity contribution in [2.45, 2.75) is 45.7 Å². The molecule has 2 atom stereocenters. The normalized spacial score (nSPS) is 14.3. The van der Waals surface area contributed by atoms with Gasteiger partial charge in [0.1, 0.15) is 12.2 Å². The van der Waals surface area contributed by atoms with Gasteiger partial charge in [0, 0.05) is 6.04 Å². The van der Waals surface area contributed by atoms with Crippen molar-refractivity contribution in [2.75, 3.05) is 0 Å². The van der Waals surface area contributed by atoms with E-state index >= 15 is 0 Å². The number of nitrogens with one attached hydrogen (secondary N) is 2. The Hall–Kier alpha value is -1.68. The molecule has 1 aromatic carbocycles. The van der Waals surface area contributed by atoms with E-state index in [1.54, 1.807) is 6.33 Å². The summed E-state index contributed by atoms with van der Waals surface area (Å²) < 4.78 is 0. The van der Waals surface area contributed by atoms with Crippen molar-refractivity contribution >= 4 is 0 Å². The van der Waals surface area contributed by atoms with Crippen LogP contribution in [0.1, 0.15) is 43.3 Å². The van der Waals surface area contributed by atoms with Crippen LogP contribution < -0.4 is 5.32 Å². The number of benzene rings is 1. The molecule has 0 spiro atoms. The van der Waals surface area contributed by atoms with Crippen LogP contribution in [0.4, 0.5) is 0 Å². The van der Waals surface area contributed by atoms with Gasteiger partial charge in [-0.25, -0.2) is 4.98 Å². The lowest BCUT2D eigenvalue weighted by Crippen LogP contribution is -2.30. The van der Waals surface area contributed by atoms with Crippen molar-refractivity contribution in [1.82, 2.24) is 20.5 Å². The predicted molar refractivity (Wildman–Crippen MR) is 76.9 cm³/mol. The maximum atomic E-state index is 4.17. The number of hydrogen-bond donors (Lipinski definition) is 2. The summed E-state index contributed by atoms with van der Waals surface area (Å²) >= 11 is 0. The molecule has 1 aromatic heterocycles. The van der Waals surface area contributed by atoms with Gasteiger partial charge in [0.2, 0.25) is 0 Å². The minimum absolute atomic E-state index is 0.204. The summed E-state index contributed by atoms with van der Waals surface area (Å²) in [6.45, 7) is 6.45. The number of aryl methyl sites for hydroxylation is 2. The molecule has 0 bridgehead atoms. The lowest BCUT2D eigenvalue weighted by molar-refractivity contribution is 0.444. The quantitative estimate of drug-likeness (QED) is 0.837. The summed E-state index contributed by atoms with van der Waals surface area (Å²) in [5, 5.41) is 10.3. The van der Waals surface area contributed by atoms with Crippen molar-refractivity contribution in [3.05, 3.63) is 47.5 Å². The van der Waals surface area contributed by atoms with E-state index in [0.29, 0.717) is 6.04 Å². The molecule has 2 aromatic rings. The first-order valence-electron chi connectivity index (χ1n) is 6.82. The summed E-state index contributed by atoms with van der Waals surface area (Å²) in [5.41, 5.74) is 2.73. The molecule has 0 saturated heterocycles. The fourth-order valence-corrected chi connectivity index (χ4v) is 2.26. The Morgan fingerprint density at radius 1 is 1.32 bits per heavy atom. The average molecular weight is 258 g/mol. The fourth-order valence-electron chi connectivity index (χ4n) is 2.26. The largest absolute Gasteiger partial charge is 0.305 e. The lowest BCUT2D eigenvalue weighted by atomic mass is 10.0. The van der Waals surface area contributed by atoms with E-state index in [4.69, 9.17) is 0 Å². The Bertz CT molecular complexity index is 493. The smallest absolute Gasteiger partial charge is 0.141 e. The molecule has 0 aliphatic carbocycles. The fraction of sp³-hybridized carbons (Fsp3) is 0.467. The van der Waals surface area contributed by atoms with Gasteiger partial charge in [-0.2, -0.15) is 5.10 Å². The number of H-pyrrole nitrogens is 1. The average Bonchev–Trinajstić information content (AvgIpc) is 2.90. The second-order valence-electron chi connectivity index (χ2n) is 5.19. The number of nitrogens with zero attached hydrogens (tertiary/aromatic N) is 2. The maximum absolute atomic E-state index is 4.17. The summed E-state index contributed by atoms with van der Waals surface area (Å²) in [7, 11) is 0. The van der Waals surface area contributed by atoms with Crippen molar-refractivity contribution in [3.8, 4) is 0 Å². The Balaban J connectivity index is 1.80. The molecule has 4 heteroatoms. The van der Waals surface area contributed by atoms with Crippen molar-refractivity contribution in [3.63, 3.8) is 0 Å². The Labute approximate surface area is 114 Å². The van der Waals surface area contributed by atoms with Crippen LogP contribution in [-0.2, 0) is 6.42 Å².